The van der Waals surface area contributed by atoms with Crippen LogP contribution in [0.5, 0.6) is 0 Å². The van der Waals surface area contributed by atoms with Crippen molar-refractivity contribution in [3.05, 3.63) is 23.5 Å². The maximum atomic E-state index is 12.0. The van der Waals surface area contributed by atoms with Gasteiger partial charge >= 0.3 is 5.97 Å². The van der Waals surface area contributed by atoms with E-state index in [1.54, 1.807) is 12.3 Å². The Bertz CT molecular complexity index is 422. The summed E-state index contributed by atoms with van der Waals surface area (Å²) in [5.41, 5.74) is 1.54. The van der Waals surface area contributed by atoms with Gasteiger partial charge in [0.15, 0.2) is 5.78 Å². The molecule has 1 aromatic rings. The molecule has 0 aliphatic heterocycles. The van der Waals surface area contributed by atoms with Gasteiger partial charge in [0, 0.05) is 23.4 Å². The molecule has 4 nitrogen and oxygen atoms in total. The van der Waals surface area contributed by atoms with Crippen LogP contribution in [0, 0.1) is 5.92 Å². The fourth-order valence-corrected chi connectivity index (χ4v) is 2.44. The van der Waals surface area contributed by atoms with Gasteiger partial charge in [0.1, 0.15) is 5.92 Å². The van der Waals surface area contributed by atoms with Crippen LogP contribution in [-0.4, -0.2) is 23.8 Å². The van der Waals surface area contributed by atoms with Gasteiger partial charge in [0.2, 0.25) is 0 Å². The number of nitrogens with one attached hydrogen (secondary N) is 1. The van der Waals surface area contributed by atoms with E-state index >= 15 is 0 Å². The number of rotatable bonds is 3. The van der Waals surface area contributed by atoms with Crippen molar-refractivity contribution in [1.82, 2.24) is 4.98 Å². The minimum absolute atomic E-state index is 0.0463. The van der Waals surface area contributed by atoms with E-state index < -0.39 is 11.9 Å². The van der Waals surface area contributed by atoms with Gasteiger partial charge in [-0.15, -0.1) is 0 Å². The normalized spacial score (nSPS) is 23.2. The molecule has 4 heteroatoms. The van der Waals surface area contributed by atoms with Gasteiger partial charge in [0.05, 0.1) is 7.11 Å². The van der Waals surface area contributed by atoms with Crippen molar-refractivity contribution in [1.29, 1.82) is 0 Å². The Hall–Kier alpha value is -1.58. The maximum absolute atomic E-state index is 12.0. The SMILES string of the molecule is CCC[C@@H]1c2[nH]ccc2C(=O)[C@H]1C(=O)OC. The minimum Gasteiger partial charge on any atom is -0.468 e. The lowest BCUT2D eigenvalue weighted by Gasteiger charge is -2.15. The first-order chi connectivity index (χ1) is 7.70. The molecule has 0 aromatic carbocycles. The number of aromatic amines is 1. The summed E-state index contributed by atoms with van der Waals surface area (Å²) in [6, 6.07) is 1.74. The van der Waals surface area contributed by atoms with Gasteiger partial charge in [-0.1, -0.05) is 13.3 Å². The third-order valence-electron chi connectivity index (χ3n) is 3.15. The molecule has 0 amide bonds. The highest BCUT2D eigenvalue weighted by Gasteiger charge is 2.45. The first kappa shape index (κ1) is 10.9. The van der Waals surface area contributed by atoms with Gasteiger partial charge in [-0.3, -0.25) is 9.59 Å². The monoisotopic (exact) mass is 221 g/mol. The number of ketones is 1. The summed E-state index contributed by atoms with van der Waals surface area (Å²) in [6.07, 6.45) is 3.50. The zero-order valence-corrected chi connectivity index (χ0v) is 9.45. The van der Waals surface area contributed by atoms with Gasteiger partial charge in [-0.25, -0.2) is 0 Å². The lowest BCUT2D eigenvalue weighted by atomic mass is 9.90. The Labute approximate surface area is 94.0 Å². The molecule has 1 N–H and O–H groups in total. The standard InChI is InChI=1S/C12H15NO3/c1-3-4-7-9(12(15)16-2)11(14)8-5-6-13-10(7)8/h5-7,9,13H,3-4H2,1-2H3/t7-,9-/m0/s1. The van der Waals surface area contributed by atoms with E-state index in [9.17, 15) is 9.59 Å². The van der Waals surface area contributed by atoms with E-state index in [0.717, 1.165) is 18.5 Å². The molecule has 2 rings (SSSR count). The number of Topliss-reactive ketones (excluding diaryl/α,β-unsaturated/α-hetero) is 1. The molecule has 0 radical (unpaired) electrons. The number of esters is 1. The Morgan fingerprint density at radius 3 is 2.94 bits per heavy atom. The van der Waals surface area contributed by atoms with Crippen LogP contribution in [0.15, 0.2) is 12.3 Å². The molecule has 16 heavy (non-hydrogen) atoms. The van der Waals surface area contributed by atoms with Crippen molar-refractivity contribution in [2.45, 2.75) is 25.7 Å². The van der Waals surface area contributed by atoms with E-state index in [0.29, 0.717) is 5.56 Å². The maximum Gasteiger partial charge on any atom is 0.317 e. The zero-order valence-electron chi connectivity index (χ0n) is 9.45. The number of aromatic nitrogens is 1. The van der Waals surface area contributed by atoms with E-state index in [-0.39, 0.29) is 11.7 Å². The first-order valence-corrected chi connectivity index (χ1v) is 5.50. The second kappa shape index (κ2) is 4.12. The summed E-state index contributed by atoms with van der Waals surface area (Å²) < 4.78 is 4.71. The number of carbonyl (C=O) groups excluding carboxylic acids is 2. The smallest absolute Gasteiger partial charge is 0.317 e. The first-order valence-electron chi connectivity index (χ1n) is 5.50. The van der Waals surface area contributed by atoms with Gasteiger partial charge < -0.3 is 9.72 Å². The topological polar surface area (TPSA) is 59.2 Å². The van der Waals surface area contributed by atoms with Crippen molar-refractivity contribution < 1.29 is 14.3 Å². The van der Waals surface area contributed by atoms with Crippen molar-refractivity contribution in [2.24, 2.45) is 5.92 Å². The Kier molecular flexibility index (Phi) is 2.81. The zero-order chi connectivity index (χ0) is 11.7. The lowest BCUT2D eigenvalue weighted by Crippen LogP contribution is -2.25. The molecule has 0 unspecified atom stereocenters. The van der Waals surface area contributed by atoms with Crippen LogP contribution >= 0.6 is 0 Å². The van der Waals surface area contributed by atoms with Crippen molar-refractivity contribution in [3.8, 4) is 0 Å². The summed E-state index contributed by atoms with van der Waals surface area (Å²) in [7, 11) is 1.32. The molecular formula is C12H15NO3. The number of methoxy groups -OCH3 is 1. The van der Waals surface area contributed by atoms with Crippen LogP contribution in [-0.2, 0) is 9.53 Å². The third-order valence-corrected chi connectivity index (χ3v) is 3.15. The quantitative estimate of drug-likeness (QED) is 0.626. The summed E-state index contributed by atoms with van der Waals surface area (Å²) in [5, 5.41) is 0. The minimum atomic E-state index is -0.646. The number of carbonyl (C=O) groups is 2. The summed E-state index contributed by atoms with van der Waals surface area (Å²) in [6.45, 7) is 2.04. The van der Waals surface area contributed by atoms with Crippen LogP contribution in [0.1, 0.15) is 41.7 Å². The average Bonchev–Trinajstić information content (AvgIpc) is 2.83. The molecule has 0 spiro atoms. The molecule has 0 fully saturated rings. The van der Waals surface area contributed by atoms with Gasteiger partial charge in [-0.2, -0.15) is 0 Å². The molecule has 0 saturated carbocycles. The molecule has 1 aliphatic carbocycles. The van der Waals surface area contributed by atoms with E-state index in [1.807, 2.05) is 6.92 Å². The molecule has 2 atom stereocenters. The molecule has 1 heterocycles. The number of fused-ring (bicyclic) bond motifs is 1. The predicted molar refractivity (Wildman–Crippen MR) is 58.3 cm³/mol. The third kappa shape index (κ3) is 1.45. The predicted octanol–water partition coefficient (Wildman–Crippen LogP) is 1.88. The van der Waals surface area contributed by atoms with Gasteiger partial charge in [0.25, 0.3) is 0 Å². The van der Waals surface area contributed by atoms with Crippen LogP contribution in [0.3, 0.4) is 0 Å². The lowest BCUT2D eigenvalue weighted by molar-refractivity contribution is -0.144. The number of H-pyrrole nitrogens is 1. The molecule has 1 aliphatic rings. The van der Waals surface area contributed by atoms with Crippen LogP contribution in [0.25, 0.3) is 0 Å². The number of hydrogen-bond donors (Lipinski definition) is 1. The summed E-state index contributed by atoms with van der Waals surface area (Å²) >= 11 is 0. The van der Waals surface area contributed by atoms with Crippen LogP contribution < -0.4 is 0 Å². The summed E-state index contributed by atoms with van der Waals surface area (Å²) in [5.74, 6) is -1.23. The summed E-state index contributed by atoms with van der Waals surface area (Å²) in [4.78, 5) is 26.7. The Balaban J connectivity index is 2.37. The number of ether oxygens (including phenoxy) is 1. The molecular weight excluding hydrogens is 206 g/mol. The second-order valence-corrected chi connectivity index (χ2v) is 4.07. The van der Waals surface area contributed by atoms with E-state index in [4.69, 9.17) is 4.74 Å². The van der Waals surface area contributed by atoms with Crippen LogP contribution in [0.4, 0.5) is 0 Å². The van der Waals surface area contributed by atoms with E-state index in [2.05, 4.69) is 4.98 Å². The fourth-order valence-electron chi connectivity index (χ4n) is 2.44. The Morgan fingerprint density at radius 2 is 2.31 bits per heavy atom. The van der Waals surface area contributed by atoms with E-state index in [1.165, 1.54) is 7.11 Å². The molecule has 1 aromatic heterocycles. The second-order valence-electron chi connectivity index (χ2n) is 4.07. The highest BCUT2D eigenvalue weighted by molar-refractivity contribution is 6.12. The molecule has 0 saturated heterocycles. The highest BCUT2D eigenvalue weighted by atomic mass is 16.5. The molecule has 86 valence electrons. The average molecular weight is 221 g/mol. The largest absolute Gasteiger partial charge is 0.468 e. The van der Waals surface area contributed by atoms with Crippen LogP contribution in [0.2, 0.25) is 0 Å². The van der Waals surface area contributed by atoms with Crippen molar-refractivity contribution >= 4 is 11.8 Å². The van der Waals surface area contributed by atoms with Crippen molar-refractivity contribution in [2.75, 3.05) is 7.11 Å². The Morgan fingerprint density at radius 1 is 1.56 bits per heavy atom. The van der Waals surface area contributed by atoms with Gasteiger partial charge in [-0.05, 0) is 12.5 Å². The van der Waals surface area contributed by atoms with Crippen molar-refractivity contribution in [3.63, 3.8) is 0 Å². The number of hydrogen-bond acceptors (Lipinski definition) is 3. The molecule has 0 bridgehead atoms. The fraction of sp³-hybridized carbons (Fsp3) is 0.500. The highest BCUT2D eigenvalue weighted by Crippen LogP contribution is 2.40.